The van der Waals surface area contributed by atoms with Crippen molar-refractivity contribution in [3.8, 4) is 0 Å². The molecule has 1 heterocycles. The van der Waals surface area contributed by atoms with E-state index in [2.05, 4.69) is 36.1 Å². The van der Waals surface area contributed by atoms with Crippen molar-refractivity contribution in [1.29, 1.82) is 0 Å². The van der Waals surface area contributed by atoms with Gasteiger partial charge in [-0.3, -0.25) is 4.90 Å². The van der Waals surface area contributed by atoms with Gasteiger partial charge >= 0.3 is 0 Å². The first-order valence-corrected chi connectivity index (χ1v) is 6.20. The van der Waals surface area contributed by atoms with E-state index in [0.717, 1.165) is 19.5 Å². The van der Waals surface area contributed by atoms with Crippen LogP contribution in [0.3, 0.4) is 0 Å². The minimum Gasteiger partial charge on any atom is -0.395 e. The number of likely N-dealkylation sites (tertiary alicyclic amines) is 1. The number of aliphatic hydroxyl groups is 1. The predicted molar refractivity (Wildman–Crippen MR) is 66.3 cm³/mol. The fourth-order valence-corrected chi connectivity index (χ4v) is 2.52. The number of piperidine rings is 1. The average Bonchev–Trinajstić information content (AvgIpc) is 2.30. The van der Waals surface area contributed by atoms with Gasteiger partial charge in [-0.05, 0) is 31.9 Å². The lowest BCUT2D eigenvalue weighted by atomic mass is 10.0. The summed E-state index contributed by atoms with van der Waals surface area (Å²) < 4.78 is 0. The highest BCUT2D eigenvalue weighted by molar-refractivity contribution is 5.22. The molecule has 0 amide bonds. The number of nitrogens with zero attached hydrogens (tertiary/aromatic N) is 1. The van der Waals surface area contributed by atoms with Crippen LogP contribution in [-0.4, -0.2) is 29.2 Å². The standard InChI is InChI=1S/C14H21NO/c1-12-5-4-6-13(9-12)10-15-8-3-2-7-14(15)11-16/h4-6,9,14,16H,2-3,7-8,10-11H2,1H3. The van der Waals surface area contributed by atoms with Crippen molar-refractivity contribution in [1.82, 2.24) is 4.90 Å². The van der Waals surface area contributed by atoms with Crippen molar-refractivity contribution in [2.24, 2.45) is 0 Å². The fourth-order valence-electron chi connectivity index (χ4n) is 2.52. The normalized spacial score (nSPS) is 22.2. The maximum absolute atomic E-state index is 9.35. The third kappa shape index (κ3) is 2.83. The molecule has 0 radical (unpaired) electrons. The van der Waals surface area contributed by atoms with Crippen LogP contribution in [0.4, 0.5) is 0 Å². The molecule has 0 bridgehead atoms. The third-order valence-electron chi connectivity index (χ3n) is 3.43. The van der Waals surface area contributed by atoms with Crippen LogP contribution in [0.25, 0.3) is 0 Å². The van der Waals surface area contributed by atoms with Gasteiger partial charge in [0.05, 0.1) is 6.61 Å². The molecule has 1 unspecified atom stereocenters. The molecule has 1 N–H and O–H groups in total. The Hall–Kier alpha value is -0.860. The highest BCUT2D eigenvalue weighted by Crippen LogP contribution is 2.19. The summed E-state index contributed by atoms with van der Waals surface area (Å²) in [5.74, 6) is 0. The van der Waals surface area contributed by atoms with Crippen molar-refractivity contribution < 1.29 is 5.11 Å². The van der Waals surface area contributed by atoms with Crippen LogP contribution in [0.1, 0.15) is 30.4 Å². The zero-order chi connectivity index (χ0) is 11.4. The van der Waals surface area contributed by atoms with E-state index >= 15 is 0 Å². The molecule has 0 aliphatic carbocycles. The number of hydrogen-bond acceptors (Lipinski definition) is 2. The van der Waals surface area contributed by atoms with Gasteiger partial charge in [0.2, 0.25) is 0 Å². The molecule has 1 fully saturated rings. The molecule has 1 aromatic carbocycles. The number of rotatable bonds is 3. The van der Waals surface area contributed by atoms with Gasteiger partial charge in [0, 0.05) is 12.6 Å². The first kappa shape index (κ1) is 11.6. The maximum Gasteiger partial charge on any atom is 0.0586 e. The Balaban J connectivity index is 2.02. The van der Waals surface area contributed by atoms with Crippen LogP contribution in [0.2, 0.25) is 0 Å². The van der Waals surface area contributed by atoms with Crippen molar-refractivity contribution in [2.75, 3.05) is 13.2 Å². The molecule has 2 heteroatoms. The van der Waals surface area contributed by atoms with Crippen LogP contribution >= 0.6 is 0 Å². The molecule has 88 valence electrons. The van der Waals surface area contributed by atoms with E-state index in [1.165, 1.54) is 24.0 Å². The van der Waals surface area contributed by atoms with Gasteiger partial charge in [-0.2, -0.15) is 0 Å². The lowest BCUT2D eigenvalue weighted by Gasteiger charge is -2.34. The van der Waals surface area contributed by atoms with Crippen LogP contribution in [0.5, 0.6) is 0 Å². The van der Waals surface area contributed by atoms with Gasteiger partial charge in [0.1, 0.15) is 0 Å². The molecule has 1 atom stereocenters. The maximum atomic E-state index is 9.35. The Labute approximate surface area is 97.9 Å². The second kappa shape index (κ2) is 5.46. The summed E-state index contributed by atoms with van der Waals surface area (Å²) >= 11 is 0. The third-order valence-corrected chi connectivity index (χ3v) is 3.43. The van der Waals surface area contributed by atoms with E-state index in [9.17, 15) is 5.11 Å². The molecule has 1 aromatic rings. The molecule has 2 nitrogen and oxygen atoms in total. The molecular weight excluding hydrogens is 198 g/mol. The van der Waals surface area contributed by atoms with E-state index < -0.39 is 0 Å². The molecule has 0 saturated carbocycles. The van der Waals surface area contributed by atoms with E-state index in [1.54, 1.807) is 0 Å². The Morgan fingerprint density at radius 2 is 2.25 bits per heavy atom. The summed E-state index contributed by atoms with van der Waals surface area (Å²) in [6.45, 7) is 4.53. The number of aliphatic hydroxyl groups excluding tert-OH is 1. The largest absolute Gasteiger partial charge is 0.395 e. The summed E-state index contributed by atoms with van der Waals surface area (Å²) in [7, 11) is 0. The molecule has 2 rings (SSSR count). The van der Waals surface area contributed by atoms with Crippen LogP contribution in [-0.2, 0) is 6.54 Å². The smallest absolute Gasteiger partial charge is 0.0586 e. The second-order valence-electron chi connectivity index (χ2n) is 4.79. The minimum atomic E-state index is 0.297. The van der Waals surface area contributed by atoms with Crippen molar-refractivity contribution in [3.63, 3.8) is 0 Å². The molecule has 16 heavy (non-hydrogen) atoms. The van der Waals surface area contributed by atoms with E-state index in [4.69, 9.17) is 0 Å². The highest BCUT2D eigenvalue weighted by Gasteiger charge is 2.21. The zero-order valence-electron chi connectivity index (χ0n) is 10.0. The average molecular weight is 219 g/mol. The second-order valence-corrected chi connectivity index (χ2v) is 4.79. The molecule has 0 aromatic heterocycles. The van der Waals surface area contributed by atoms with Crippen molar-refractivity contribution in [3.05, 3.63) is 35.4 Å². The fraction of sp³-hybridized carbons (Fsp3) is 0.571. The molecular formula is C14H21NO. The quantitative estimate of drug-likeness (QED) is 0.843. The van der Waals surface area contributed by atoms with Gasteiger partial charge in [0.15, 0.2) is 0 Å². The SMILES string of the molecule is Cc1cccc(CN2CCCCC2CO)c1. The number of aryl methyl sites for hydroxylation is 1. The Kier molecular flexibility index (Phi) is 3.97. The topological polar surface area (TPSA) is 23.5 Å². The minimum absolute atomic E-state index is 0.297. The monoisotopic (exact) mass is 219 g/mol. The Morgan fingerprint density at radius 3 is 3.00 bits per heavy atom. The van der Waals surface area contributed by atoms with E-state index in [0.29, 0.717) is 12.6 Å². The lowest BCUT2D eigenvalue weighted by Crippen LogP contribution is -2.41. The molecule has 1 saturated heterocycles. The summed E-state index contributed by atoms with van der Waals surface area (Å²) in [4.78, 5) is 2.41. The van der Waals surface area contributed by atoms with Gasteiger partial charge in [-0.25, -0.2) is 0 Å². The van der Waals surface area contributed by atoms with E-state index in [-0.39, 0.29) is 0 Å². The molecule has 0 spiro atoms. The summed E-state index contributed by atoms with van der Waals surface area (Å²) in [6, 6.07) is 9.03. The predicted octanol–water partition coefficient (Wildman–Crippen LogP) is 2.34. The first-order chi connectivity index (χ1) is 7.79. The molecule has 1 aliphatic rings. The number of benzene rings is 1. The van der Waals surface area contributed by atoms with Crippen molar-refractivity contribution in [2.45, 2.75) is 38.8 Å². The summed E-state index contributed by atoms with van der Waals surface area (Å²) in [5.41, 5.74) is 2.68. The Morgan fingerprint density at radius 1 is 1.38 bits per heavy atom. The van der Waals surface area contributed by atoms with Gasteiger partial charge in [-0.1, -0.05) is 36.2 Å². The van der Waals surface area contributed by atoms with Gasteiger partial charge < -0.3 is 5.11 Å². The lowest BCUT2D eigenvalue weighted by molar-refractivity contribution is 0.0841. The summed E-state index contributed by atoms with van der Waals surface area (Å²) in [6.07, 6.45) is 3.67. The van der Waals surface area contributed by atoms with Gasteiger partial charge in [0.25, 0.3) is 0 Å². The summed E-state index contributed by atoms with van der Waals surface area (Å²) in [5, 5.41) is 9.35. The van der Waals surface area contributed by atoms with Crippen molar-refractivity contribution >= 4 is 0 Å². The van der Waals surface area contributed by atoms with E-state index in [1.807, 2.05) is 0 Å². The van der Waals surface area contributed by atoms with Crippen LogP contribution in [0.15, 0.2) is 24.3 Å². The zero-order valence-corrected chi connectivity index (χ0v) is 10.0. The highest BCUT2D eigenvalue weighted by atomic mass is 16.3. The Bertz CT molecular complexity index is 337. The van der Waals surface area contributed by atoms with Gasteiger partial charge in [-0.15, -0.1) is 0 Å². The number of hydrogen-bond donors (Lipinski definition) is 1. The first-order valence-electron chi connectivity index (χ1n) is 6.20. The van der Waals surface area contributed by atoms with Crippen LogP contribution < -0.4 is 0 Å². The molecule has 1 aliphatic heterocycles. The van der Waals surface area contributed by atoms with Crippen LogP contribution in [0, 0.1) is 6.92 Å².